The van der Waals surface area contributed by atoms with E-state index in [1.165, 1.54) is 23.8 Å². The summed E-state index contributed by atoms with van der Waals surface area (Å²) in [5.74, 6) is -0.0260. The lowest BCUT2D eigenvalue weighted by Crippen LogP contribution is -2.44. The fourth-order valence-corrected chi connectivity index (χ4v) is 4.42. The smallest absolute Gasteiger partial charge is 0.321 e. The molecule has 0 unspecified atom stereocenters. The van der Waals surface area contributed by atoms with E-state index in [0.717, 1.165) is 51.1 Å². The van der Waals surface area contributed by atoms with Crippen molar-refractivity contribution in [3.8, 4) is 5.75 Å². The van der Waals surface area contributed by atoms with E-state index in [1.807, 2.05) is 12.1 Å². The number of carbonyl (C=O) groups is 2. The number of ether oxygens (including phenoxy) is 1. The fourth-order valence-electron chi connectivity index (χ4n) is 4.42. The summed E-state index contributed by atoms with van der Waals surface area (Å²) in [4.78, 5) is 29.5. The molecule has 2 aliphatic rings. The van der Waals surface area contributed by atoms with Crippen molar-refractivity contribution >= 4 is 30.0 Å². The van der Waals surface area contributed by atoms with E-state index in [1.54, 1.807) is 12.0 Å². The van der Waals surface area contributed by atoms with Crippen molar-refractivity contribution in [3.05, 3.63) is 59.4 Å². The lowest BCUT2D eigenvalue weighted by molar-refractivity contribution is 0.0909. The highest BCUT2D eigenvalue weighted by Crippen LogP contribution is 2.21. The number of anilines is 1. The average Bonchev–Trinajstić information content (AvgIpc) is 3.37. The van der Waals surface area contributed by atoms with Crippen LogP contribution in [0.3, 0.4) is 0 Å². The van der Waals surface area contributed by atoms with Crippen molar-refractivity contribution in [2.75, 3.05) is 38.6 Å². The minimum atomic E-state index is -0.506. The molecule has 2 aromatic carbocycles. The molecule has 0 aromatic heterocycles. The Morgan fingerprint density at radius 2 is 1.71 bits per heavy atom. The maximum absolute atomic E-state index is 13.9. The van der Waals surface area contributed by atoms with Crippen molar-refractivity contribution < 1.29 is 18.7 Å². The lowest BCUT2D eigenvalue weighted by atomic mass is 10.0. The average molecular weight is 491 g/mol. The number of carbonyl (C=O) groups excluding carboxylic acids is 2. The Morgan fingerprint density at radius 1 is 1.03 bits per heavy atom. The standard InChI is InChI=1S/C25H31FN4O3.ClH/c1-33-21-7-4-18(5-8-21)17-29-14-10-20(11-15-29)27-24(31)22-16-19(26)6-9-23(22)28-25(32)30-12-2-3-13-30;/h4-9,16,20H,2-3,10-15,17H2,1H3,(H,27,31)(H,28,32);1H. The molecule has 0 saturated carbocycles. The van der Waals surface area contributed by atoms with Crippen LogP contribution in [0.4, 0.5) is 14.9 Å². The summed E-state index contributed by atoms with van der Waals surface area (Å²) in [6, 6.07) is 11.7. The minimum Gasteiger partial charge on any atom is -0.497 e. The van der Waals surface area contributed by atoms with E-state index in [-0.39, 0.29) is 36.0 Å². The van der Waals surface area contributed by atoms with Crippen LogP contribution in [0.2, 0.25) is 0 Å². The van der Waals surface area contributed by atoms with Crippen molar-refractivity contribution in [2.45, 2.75) is 38.3 Å². The topological polar surface area (TPSA) is 73.9 Å². The Bertz CT molecular complexity index is 975. The molecule has 2 aliphatic heterocycles. The molecule has 3 amide bonds. The number of amides is 3. The molecule has 0 atom stereocenters. The first-order valence-electron chi connectivity index (χ1n) is 11.5. The number of likely N-dealkylation sites (tertiary alicyclic amines) is 2. The number of hydrogen-bond donors (Lipinski definition) is 2. The first-order valence-corrected chi connectivity index (χ1v) is 11.5. The van der Waals surface area contributed by atoms with Gasteiger partial charge in [-0.1, -0.05) is 12.1 Å². The third-order valence-electron chi connectivity index (χ3n) is 6.35. The monoisotopic (exact) mass is 490 g/mol. The van der Waals surface area contributed by atoms with Gasteiger partial charge in [0.05, 0.1) is 18.4 Å². The Hall–Kier alpha value is -2.84. The van der Waals surface area contributed by atoms with Crippen LogP contribution in [0.5, 0.6) is 5.75 Å². The number of piperidine rings is 1. The van der Waals surface area contributed by atoms with Gasteiger partial charge in [-0.2, -0.15) is 0 Å². The van der Waals surface area contributed by atoms with Gasteiger partial charge in [-0.3, -0.25) is 9.69 Å². The maximum atomic E-state index is 13.9. The van der Waals surface area contributed by atoms with Crippen molar-refractivity contribution in [3.63, 3.8) is 0 Å². The molecule has 184 valence electrons. The van der Waals surface area contributed by atoms with Crippen LogP contribution in [-0.4, -0.2) is 61.1 Å². The van der Waals surface area contributed by atoms with Crippen molar-refractivity contribution in [1.29, 1.82) is 0 Å². The van der Waals surface area contributed by atoms with Crippen LogP contribution < -0.4 is 15.4 Å². The molecule has 2 fully saturated rings. The Balaban J connectivity index is 0.00000324. The van der Waals surface area contributed by atoms with Crippen LogP contribution in [0.25, 0.3) is 0 Å². The van der Waals surface area contributed by atoms with Crippen LogP contribution in [0, 0.1) is 5.82 Å². The molecular formula is C25H32ClFN4O3. The third-order valence-corrected chi connectivity index (χ3v) is 6.35. The zero-order valence-corrected chi connectivity index (χ0v) is 20.2. The molecule has 2 saturated heterocycles. The minimum absolute atomic E-state index is 0. The Morgan fingerprint density at radius 3 is 2.35 bits per heavy atom. The fraction of sp³-hybridized carbons (Fsp3) is 0.440. The normalized spacial score (nSPS) is 16.6. The molecule has 9 heteroatoms. The molecule has 0 radical (unpaired) electrons. The second kappa shape index (κ2) is 12.0. The van der Waals surface area contributed by atoms with E-state index in [0.29, 0.717) is 18.8 Å². The van der Waals surface area contributed by atoms with Gasteiger partial charge in [-0.25, -0.2) is 9.18 Å². The number of rotatable bonds is 6. The molecule has 0 bridgehead atoms. The number of nitrogens with zero attached hydrogens (tertiary/aromatic N) is 2. The summed E-state index contributed by atoms with van der Waals surface area (Å²) in [6.07, 6.45) is 3.57. The first kappa shape index (κ1) is 25.8. The van der Waals surface area contributed by atoms with Crippen molar-refractivity contribution in [2.24, 2.45) is 0 Å². The van der Waals surface area contributed by atoms with Crippen LogP contribution in [-0.2, 0) is 6.54 Å². The lowest BCUT2D eigenvalue weighted by Gasteiger charge is -2.32. The summed E-state index contributed by atoms with van der Waals surface area (Å²) in [5.41, 5.74) is 1.71. The largest absolute Gasteiger partial charge is 0.497 e. The number of benzene rings is 2. The Kier molecular flexibility index (Phi) is 9.12. The van der Waals surface area contributed by atoms with Gasteiger partial charge in [0.2, 0.25) is 0 Å². The predicted octanol–water partition coefficient (Wildman–Crippen LogP) is 4.28. The molecule has 2 N–H and O–H groups in total. The van der Waals surface area contributed by atoms with Crippen LogP contribution in [0.15, 0.2) is 42.5 Å². The summed E-state index contributed by atoms with van der Waals surface area (Å²) >= 11 is 0. The van der Waals surface area contributed by atoms with E-state index in [9.17, 15) is 14.0 Å². The van der Waals surface area contributed by atoms with Crippen LogP contribution >= 0.6 is 12.4 Å². The molecular weight excluding hydrogens is 459 g/mol. The predicted molar refractivity (Wildman–Crippen MR) is 132 cm³/mol. The van der Waals surface area contributed by atoms with Gasteiger partial charge in [0.15, 0.2) is 0 Å². The Labute approximate surface area is 206 Å². The number of nitrogens with one attached hydrogen (secondary N) is 2. The highest BCUT2D eigenvalue weighted by atomic mass is 35.5. The second-order valence-electron chi connectivity index (χ2n) is 8.69. The summed E-state index contributed by atoms with van der Waals surface area (Å²) < 4.78 is 19.1. The van der Waals surface area contributed by atoms with Gasteiger partial charge < -0.3 is 20.3 Å². The van der Waals surface area contributed by atoms with Gasteiger partial charge in [-0.05, 0) is 61.6 Å². The van der Waals surface area contributed by atoms with E-state index in [4.69, 9.17) is 4.74 Å². The maximum Gasteiger partial charge on any atom is 0.321 e. The summed E-state index contributed by atoms with van der Waals surface area (Å²) in [7, 11) is 1.66. The summed E-state index contributed by atoms with van der Waals surface area (Å²) in [6.45, 7) is 3.96. The molecule has 2 aromatic rings. The van der Waals surface area contributed by atoms with E-state index < -0.39 is 5.82 Å². The van der Waals surface area contributed by atoms with Crippen molar-refractivity contribution in [1.82, 2.24) is 15.1 Å². The van der Waals surface area contributed by atoms with Gasteiger partial charge in [0.25, 0.3) is 5.91 Å². The molecule has 2 heterocycles. The van der Waals surface area contributed by atoms with E-state index in [2.05, 4.69) is 27.7 Å². The second-order valence-corrected chi connectivity index (χ2v) is 8.69. The molecule has 0 aliphatic carbocycles. The molecule has 0 spiro atoms. The van der Waals surface area contributed by atoms with Gasteiger partial charge in [-0.15, -0.1) is 12.4 Å². The highest BCUT2D eigenvalue weighted by Gasteiger charge is 2.24. The number of methoxy groups -OCH3 is 1. The number of hydrogen-bond acceptors (Lipinski definition) is 4. The number of urea groups is 1. The summed E-state index contributed by atoms with van der Waals surface area (Å²) in [5, 5.41) is 5.81. The quantitative estimate of drug-likeness (QED) is 0.634. The van der Waals surface area contributed by atoms with Gasteiger partial charge in [0.1, 0.15) is 11.6 Å². The first-order chi connectivity index (χ1) is 16.0. The number of halogens is 2. The van der Waals surface area contributed by atoms with Gasteiger partial charge in [0, 0.05) is 38.8 Å². The zero-order valence-electron chi connectivity index (χ0n) is 19.4. The SMILES string of the molecule is COc1ccc(CN2CCC(NC(=O)c3cc(F)ccc3NC(=O)N3CCCC3)CC2)cc1.Cl. The molecule has 34 heavy (non-hydrogen) atoms. The molecule has 7 nitrogen and oxygen atoms in total. The van der Waals surface area contributed by atoms with E-state index >= 15 is 0 Å². The highest BCUT2D eigenvalue weighted by molar-refractivity contribution is 6.03. The zero-order chi connectivity index (χ0) is 23.2. The third kappa shape index (κ3) is 6.61. The van der Waals surface area contributed by atoms with Gasteiger partial charge >= 0.3 is 6.03 Å². The molecule has 4 rings (SSSR count). The van der Waals surface area contributed by atoms with Crippen LogP contribution in [0.1, 0.15) is 41.6 Å².